The number of aromatic nitrogens is 2. The molecule has 0 bridgehead atoms. The van der Waals surface area contributed by atoms with Crippen LogP contribution in [-0.4, -0.2) is 63.1 Å². The maximum absolute atomic E-state index is 12.2. The molecule has 0 unspecified atom stereocenters. The number of aromatic amines is 1. The average molecular weight is 377 g/mol. The minimum absolute atomic E-state index is 0.0355. The number of nitrogens with two attached hydrogens (primary N) is 1. The van der Waals surface area contributed by atoms with Gasteiger partial charge in [-0.15, -0.1) is 0 Å². The Kier molecular flexibility index (Phi) is 4.75. The zero-order valence-electron chi connectivity index (χ0n) is 13.4. The average Bonchev–Trinajstić information content (AvgIpc) is 3.04. The Hall–Kier alpha value is -1.69. The van der Waals surface area contributed by atoms with E-state index in [1.165, 1.54) is 0 Å². The van der Waals surface area contributed by atoms with Crippen molar-refractivity contribution >= 4 is 25.3 Å². The number of fused-ring (bicyclic) bond motifs is 1. The number of hydrogen-bond donors (Lipinski definition) is 5. The van der Waals surface area contributed by atoms with Crippen molar-refractivity contribution in [1.82, 2.24) is 9.97 Å². The number of nitrogen functional groups attached to an aromatic ring is 1. The van der Waals surface area contributed by atoms with Gasteiger partial charge in [-0.25, -0.2) is 4.57 Å². The molecule has 1 aromatic heterocycles. The highest BCUT2D eigenvalue weighted by Crippen LogP contribution is 2.39. The van der Waals surface area contributed by atoms with Gasteiger partial charge in [-0.2, -0.15) is 4.98 Å². The van der Waals surface area contributed by atoms with Gasteiger partial charge in [0.25, 0.3) is 5.56 Å². The van der Waals surface area contributed by atoms with Crippen LogP contribution in [0, 0.1) is 0 Å². The predicted octanol–water partition coefficient (Wildman–Crippen LogP) is -1.46. The zero-order chi connectivity index (χ0) is 18.4. The van der Waals surface area contributed by atoms with Crippen molar-refractivity contribution in [2.75, 3.05) is 35.4 Å². The first-order chi connectivity index (χ1) is 11.7. The van der Waals surface area contributed by atoms with Gasteiger partial charge in [-0.1, -0.05) is 0 Å². The van der Waals surface area contributed by atoms with E-state index in [0.717, 1.165) is 0 Å². The number of rotatable bonds is 5. The molecule has 1 saturated heterocycles. The third-order valence-electron chi connectivity index (χ3n) is 4.15. The topological polar surface area (TPSA) is 174 Å². The van der Waals surface area contributed by atoms with Crippen LogP contribution < -0.4 is 21.1 Å². The lowest BCUT2D eigenvalue weighted by molar-refractivity contribution is -0.0216. The summed E-state index contributed by atoms with van der Waals surface area (Å²) in [6, 6.07) is 0. The summed E-state index contributed by atoms with van der Waals surface area (Å²) in [5, 5.41) is 10.1. The molecule has 0 spiro atoms. The van der Waals surface area contributed by atoms with Crippen LogP contribution in [0.4, 0.5) is 17.5 Å². The van der Waals surface area contributed by atoms with E-state index >= 15 is 0 Å². The van der Waals surface area contributed by atoms with Crippen molar-refractivity contribution in [3.63, 3.8) is 0 Å². The van der Waals surface area contributed by atoms with Crippen molar-refractivity contribution in [1.29, 1.82) is 0 Å². The van der Waals surface area contributed by atoms with E-state index in [2.05, 4.69) is 14.5 Å². The lowest BCUT2D eigenvalue weighted by atomic mass is 10.2. The maximum atomic E-state index is 12.2. The predicted molar refractivity (Wildman–Crippen MR) is 86.9 cm³/mol. The van der Waals surface area contributed by atoms with Gasteiger partial charge in [-0.05, 0) is 6.92 Å². The number of nitrogens with one attached hydrogen (secondary N) is 1. The first-order valence-corrected chi connectivity index (χ1v) is 9.17. The quantitative estimate of drug-likeness (QED) is 0.379. The monoisotopic (exact) mass is 377 g/mol. The maximum Gasteiger partial charge on any atom is 0.469 e. The summed E-state index contributed by atoms with van der Waals surface area (Å²) in [6.07, 6.45) is -2.35. The fourth-order valence-corrected chi connectivity index (χ4v) is 3.33. The number of aliphatic hydroxyl groups is 1. The summed E-state index contributed by atoms with van der Waals surface area (Å²) in [7, 11) is -4.66. The first-order valence-electron chi connectivity index (χ1n) is 7.64. The number of nitrogens with zero attached hydrogens (tertiary/aromatic N) is 3. The largest absolute Gasteiger partial charge is 0.469 e. The first kappa shape index (κ1) is 18.1. The third kappa shape index (κ3) is 3.64. The van der Waals surface area contributed by atoms with Crippen molar-refractivity contribution in [3.8, 4) is 0 Å². The Morgan fingerprint density at radius 2 is 2.24 bits per heavy atom. The molecule has 3 heterocycles. The summed E-state index contributed by atoms with van der Waals surface area (Å²) in [5.41, 5.74) is 5.62. The summed E-state index contributed by atoms with van der Waals surface area (Å²) < 4.78 is 20.9. The van der Waals surface area contributed by atoms with Crippen LogP contribution in [0.15, 0.2) is 4.79 Å². The molecule has 2 aliphatic rings. The van der Waals surface area contributed by atoms with E-state index in [-0.39, 0.29) is 17.9 Å². The number of anilines is 3. The lowest BCUT2D eigenvalue weighted by Gasteiger charge is -2.26. The molecule has 2 aliphatic heterocycles. The summed E-state index contributed by atoms with van der Waals surface area (Å²) >= 11 is 0. The molecule has 3 atom stereocenters. The van der Waals surface area contributed by atoms with E-state index in [1.807, 2.05) is 6.92 Å². The SMILES string of the molecule is CCN1CN([C@H]2C[C@H](O)[C@@H](COP(=O)(O)O)O2)c2nc(N)[nH]c(=O)c21. The number of phosphoric ester groups is 1. The van der Waals surface area contributed by atoms with Crippen molar-refractivity contribution in [2.24, 2.45) is 0 Å². The van der Waals surface area contributed by atoms with Gasteiger partial charge in [0.2, 0.25) is 5.95 Å². The van der Waals surface area contributed by atoms with Crippen LogP contribution in [0.25, 0.3) is 0 Å². The molecule has 0 saturated carbocycles. The van der Waals surface area contributed by atoms with E-state index in [4.69, 9.17) is 20.3 Å². The van der Waals surface area contributed by atoms with Crippen LogP contribution in [0.2, 0.25) is 0 Å². The van der Waals surface area contributed by atoms with Gasteiger partial charge < -0.3 is 35.2 Å². The van der Waals surface area contributed by atoms with Crippen LogP contribution in [0.1, 0.15) is 13.3 Å². The van der Waals surface area contributed by atoms with Crippen LogP contribution >= 0.6 is 7.82 Å². The number of hydrogen-bond acceptors (Lipinski definition) is 9. The Balaban J connectivity index is 1.80. The summed E-state index contributed by atoms with van der Waals surface area (Å²) in [5.74, 6) is 0.309. The van der Waals surface area contributed by atoms with Gasteiger partial charge in [0.05, 0.1) is 19.4 Å². The van der Waals surface area contributed by atoms with Gasteiger partial charge in [0.1, 0.15) is 18.0 Å². The fourth-order valence-electron chi connectivity index (χ4n) is 2.99. The molecular weight excluding hydrogens is 357 g/mol. The van der Waals surface area contributed by atoms with Crippen molar-refractivity contribution in [2.45, 2.75) is 31.8 Å². The molecule has 0 amide bonds. The highest BCUT2D eigenvalue weighted by molar-refractivity contribution is 7.46. The Morgan fingerprint density at radius 1 is 1.52 bits per heavy atom. The number of H-pyrrole nitrogens is 1. The highest BCUT2D eigenvalue weighted by Gasteiger charge is 2.43. The van der Waals surface area contributed by atoms with Crippen molar-refractivity contribution in [3.05, 3.63) is 10.4 Å². The minimum Gasteiger partial charge on any atom is -0.390 e. The Bertz CT molecular complexity index is 752. The molecular formula is C12H20N5O7P. The lowest BCUT2D eigenvalue weighted by Crippen LogP contribution is -2.39. The van der Waals surface area contributed by atoms with E-state index in [0.29, 0.717) is 24.7 Å². The summed E-state index contributed by atoms with van der Waals surface area (Å²) in [6.45, 7) is 2.29. The molecule has 1 aromatic rings. The van der Waals surface area contributed by atoms with Gasteiger partial charge in [0, 0.05) is 13.0 Å². The van der Waals surface area contributed by atoms with Gasteiger partial charge in [0.15, 0.2) is 5.82 Å². The molecule has 12 nitrogen and oxygen atoms in total. The Morgan fingerprint density at radius 3 is 2.88 bits per heavy atom. The van der Waals surface area contributed by atoms with Crippen LogP contribution in [-0.2, 0) is 13.8 Å². The van der Waals surface area contributed by atoms with E-state index < -0.39 is 32.9 Å². The molecule has 140 valence electrons. The fraction of sp³-hybridized carbons (Fsp3) is 0.667. The smallest absolute Gasteiger partial charge is 0.390 e. The molecule has 6 N–H and O–H groups in total. The minimum atomic E-state index is -4.66. The normalized spacial score (nSPS) is 26.3. The van der Waals surface area contributed by atoms with Gasteiger partial charge in [-0.3, -0.25) is 14.3 Å². The third-order valence-corrected chi connectivity index (χ3v) is 4.63. The molecule has 0 radical (unpaired) electrons. The number of aliphatic hydroxyl groups excluding tert-OH is 1. The molecule has 0 aliphatic carbocycles. The second-order valence-corrected chi connectivity index (χ2v) is 7.05. The number of phosphoric acid groups is 1. The highest BCUT2D eigenvalue weighted by atomic mass is 31.2. The van der Waals surface area contributed by atoms with Crippen molar-refractivity contribution < 1.29 is 28.7 Å². The van der Waals surface area contributed by atoms with E-state index in [1.54, 1.807) is 9.80 Å². The molecule has 0 aromatic carbocycles. The van der Waals surface area contributed by atoms with Crippen LogP contribution in [0.3, 0.4) is 0 Å². The molecule has 13 heteroatoms. The van der Waals surface area contributed by atoms with E-state index in [9.17, 15) is 14.5 Å². The molecule has 25 heavy (non-hydrogen) atoms. The second-order valence-electron chi connectivity index (χ2n) is 5.81. The number of ether oxygens (including phenoxy) is 1. The zero-order valence-corrected chi connectivity index (χ0v) is 14.3. The second kappa shape index (κ2) is 6.56. The van der Waals surface area contributed by atoms with Crippen LogP contribution in [0.5, 0.6) is 0 Å². The summed E-state index contributed by atoms with van der Waals surface area (Å²) in [4.78, 5) is 39.8. The van der Waals surface area contributed by atoms with Gasteiger partial charge >= 0.3 is 7.82 Å². The standard InChI is InChI=1S/C12H20N5O7P/c1-2-16-5-17(10-9(16)11(19)15-12(13)14-10)8-3-6(18)7(24-8)4-23-25(20,21)22/h6-8,18H,2-5H2,1H3,(H2,20,21,22)(H3,13,14,15,19)/t6-,7+,8+/m0/s1. The molecule has 1 fully saturated rings. The molecule has 3 rings (SSSR count). The Labute approximate surface area is 142 Å².